The molecule has 2 aliphatic rings. The largest absolute Gasteiger partial charge is 0.476 e. The van der Waals surface area contributed by atoms with E-state index in [0.717, 1.165) is 31.9 Å². The molecule has 2 aromatic rings. The number of nitrogens with one attached hydrogen (secondary N) is 1. The van der Waals surface area contributed by atoms with Gasteiger partial charge in [0.1, 0.15) is 5.75 Å². The molecule has 166 valence electrons. The number of carbonyl (C=O) groups excluding carboxylic acids is 1. The van der Waals surface area contributed by atoms with E-state index in [-0.39, 0.29) is 18.2 Å². The normalized spacial score (nSPS) is 19.5. The summed E-state index contributed by atoms with van der Waals surface area (Å²) < 4.78 is 32.3. The van der Waals surface area contributed by atoms with Crippen LogP contribution in [-0.2, 0) is 14.8 Å². The number of benzene rings is 2. The minimum absolute atomic E-state index is 0.0522. The van der Waals surface area contributed by atoms with Gasteiger partial charge in [-0.25, -0.2) is 8.42 Å². The van der Waals surface area contributed by atoms with Gasteiger partial charge in [0.15, 0.2) is 6.10 Å². The second-order valence-electron chi connectivity index (χ2n) is 7.83. The predicted molar refractivity (Wildman–Crippen MR) is 122 cm³/mol. The molecule has 2 aliphatic heterocycles. The Balaban J connectivity index is 1.46. The van der Waals surface area contributed by atoms with Crippen LogP contribution >= 0.6 is 0 Å². The lowest BCUT2D eigenvalue weighted by atomic mass is 10.2. The van der Waals surface area contributed by atoms with Gasteiger partial charge in [0.05, 0.1) is 18.0 Å². The molecule has 0 unspecified atom stereocenters. The van der Waals surface area contributed by atoms with Crippen molar-refractivity contribution in [2.45, 2.75) is 13.0 Å². The van der Waals surface area contributed by atoms with Gasteiger partial charge in [-0.05, 0) is 50.4 Å². The fourth-order valence-corrected chi connectivity index (χ4v) is 4.93. The Hall–Kier alpha value is -2.78. The minimum Gasteiger partial charge on any atom is -0.476 e. The van der Waals surface area contributed by atoms with Gasteiger partial charge in [-0.2, -0.15) is 0 Å². The van der Waals surface area contributed by atoms with Gasteiger partial charge in [0.2, 0.25) is 10.0 Å². The molecule has 0 radical (unpaired) electrons. The lowest BCUT2D eigenvalue weighted by Gasteiger charge is -2.34. The van der Waals surface area contributed by atoms with Crippen molar-refractivity contribution in [1.29, 1.82) is 0 Å². The topological polar surface area (TPSA) is 82.2 Å². The Morgan fingerprint density at radius 3 is 2.42 bits per heavy atom. The number of anilines is 3. The number of hydrogen-bond acceptors (Lipinski definition) is 6. The molecule has 9 heteroatoms. The predicted octanol–water partition coefficient (Wildman–Crippen LogP) is 1.99. The maximum absolute atomic E-state index is 12.9. The first-order chi connectivity index (χ1) is 14.9. The molecule has 1 amide bonds. The molecule has 1 fully saturated rings. The van der Waals surface area contributed by atoms with E-state index in [1.165, 1.54) is 4.31 Å². The summed E-state index contributed by atoms with van der Waals surface area (Å²) in [6, 6.07) is 14.6. The smallest absolute Gasteiger partial charge is 0.267 e. The summed E-state index contributed by atoms with van der Waals surface area (Å²) >= 11 is 0. The number of rotatable bonds is 5. The van der Waals surface area contributed by atoms with E-state index in [1.807, 2.05) is 24.3 Å². The Morgan fingerprint density at radius 2 is 1.74 bits per heavy atom. The van der Waals surface area contributed by atoms with Crippen LogP contribution in [0.25, 0.3) is 0 Å². The van der Waals surface area contributed by atoms with Crippen LogP contribution in [0.15, 0.2) is 48.5 Å². The molecule has 1 saturated heterocycles. The third-order valence-electron chi connectivity index (χ3n) is 5.73. The first kappa shape index (κ1) is 21.5. The molecular formula is C22H28N4O4S. The number of likely N-dealkylation sites (N-methyl/N-ethyl adjacent to an activating group) is 1. The summed E-state index contributed by atoms with van der Waals surface area (Å²) in [5.41, 5.74) is 2.23. The molecule has 2 aromatic carbocycles. The highest BCUT2D eigenvalue weighted by Crippen LogP contribution is 2.35. The minimum atomic E-state index is -3.53. The van der Waals surface area contributed by atoms with Crippen LogP contribution in [0.3, 0.4) is 0 Å². The molecular weight excluding hydrogens is 416 g/mol. The van der Waals surface area contributed by atoms with E-state index in [1.54, 1.807) is 31.2 Å². The van der Waals surface area contributed by atoms with Crippen LogP contribution in [0, 0.1) is 0 Å². The number of sulfonamides is 1. The van der Waals surface area contributed by atoms with Gasteiger partial charge in [0.25, 0.3) is 5.91 Å². The summed E-state index contributed by atoms with van der Waals surface area (Å²) in [5, 5.41) is 2.86. The van der Waals surface area contributed by atoms with Crippen molar-refractivity contribution in [2.24, 2.45) is 0 Å². The van der Waals surface area contributed by atoms with Crippen LogP contribution in [0.1, 0.15) is 6.92 Å². The SMILES string of the molecule is CCS(=O)(=O)N1C[C@@H](C(=O)Nc2ccc(N3CCN(C)CC3)cc2)Oc2ccccc21. The van der Waals surface area contributed by atoms with E-state index < -0.39 is 16.1 Å². The lowest BCUT2D eigenvalue weighted by molar-refractivity contribution is -0.122. The summed E-state index contributed by atoms with van der Waals surface area (Å²) in [7, 11) is -1.41. The summed E-state index contributed by atoms with van der Waals surface area (Å²) in [4.78, 5) is 17.5. The highest BCUT2D eigenvalue weighted by molar-refractivity contribution is 7.92. The first-order valence-corrected chi connectivity index (χ1v) is 12.1. The fraction of sp³-hybridized carbons (Fsp3) is 0.409. The molecule has 2 heterocycles. The molecule has 0 spiro atoms. The number of amides is 1. The monoisotopic (exact) mass is 444 g/mol. The number of carbonyl (C=O) groups is 1. The zero-order chi connectivity index (χ0) is 22.0. The Labute approximate surface area is 183 Å². The summed E-state index contributed by atoms with van der Waals surface area (Å²) in [5.74, 6) is -0.0434. The standard InChI is InChI=1S/C22H28N4O4S/c1-3-31(28,29)26-16-21(30-20-7-5-4-6-19(20)26)22(27)23-17-8-10-18(11-9-17)25-14-12-24(2)13-15-25/h4-11,21H,3,12-16H2,1-2H3,(H,23,27)/t21-/m0/s1. The van der Waals surface area contributed by atoms with E-state index in [9.17, 15) is 13.2 Å². The molecule has 8 nitrogen and oxygen atoms in total. The maximum atomic E-state index is 12.9. The Morgan fingerprint density at radius 1 is 1.06 bits per heavy atom. The number of hydrogen-bond donors (Lipinski definition) is 1. The quantitative estimate of drug-likeness (QED) is 0.760. The maximum Gasteiger partial charge on any atom is 0.267 e. The molecule has 31 heavy (non-hydrogen) atoms. The fourth-order valence-electron chi connectivity index (χ4n) is 3.80. The van der Waals surface area contributed by atoms with Crippen LogP contribution in [0.2, 0.25) is 0 Å². The van der Waals surface area contributed by atoms with Crippen LogP contribution in [0.5, 0.6) is 5.75 Å². The van der Waals surface area contributed by atoms with Crippen LogP contribution in [0.4, 0.5) is 17.1 Å². The average Bonchev–Trinajstić information content (AvgIpc) is 2.79. The molecule has 1 N–H and O–H groups in total. The summed E-state index contributed by atoms with van der Waals surface area (Å²) in [6.07, 6.45) is -0.937. The van der Waals surface area contributed by atoms with E-state index in [2.05, 4.69) is 22.2 Å². The highest BCUT2D eigenvalue weighted by atomic mass is 32.2. The third-order valence-corrected chi connectivity index (χ3v) is 7.48. The first-order valence-electron chi connectivity index (χ1n) is 10.5. The number of nitrogens with zero attached hydrogens (tertiary/aromatic N) is 3. The van der Waals surface area contributed by atoms with Crippen molar-refractivity contribution in [3.63, 3.8) is 0 Å². The van der Waals surface area contributed by atoms with Gasteiger partial charge >= 0.3 is 0 Å². The number of ether oxygens (including phenoxy) is 1. The molecule has 0 aliphatic carbocycles. The number of piperazine rings is 1. The third kappa shape index (κ3) is 4.62. The second-order valence-corrected chi connectivity index (χ2v) is 10.0. The molecule has 4 rings (SSSR count). The summed E-state index contributed by atoms with van der Waals surface area (Å²) in [6.45, 7) is 5.52. The van der Waals surface area contributed by atoms with Gasteiger partial charge in [-0.15, -0.1) is 0 Å². The van der Waals surface area contributed by atoms with Crippen molar-refractivity contribution in [1.82, 2.24) is 4.90 Å². The van der Waals surface area contributed by atoms with Gasteiger partial charge in [-0.3, -0.25) is 9.10 Å². The van der Waals surface area contributed by atoms with Gasteiger partial charge in [0, 0.05) is 37.6 Å². The molecule has 0 bridgehead atoms. The number of fused-ring (bicyclic) bond motifs is 1. The van der Waals surface area contributed by atoms with Crippen molar-refractivity contribution >= 4 is 33.0 Å². The molecule has 0 saturated carbocycles. The number of para-hydroxylation sites is 2. The van der Waals surface area contributed by atoms with Crippen molar-refractivity contribution in [3.05, 3.63) is 48.5 Å². The zero-order valence-corrected chi connectivity index (χ0v) is 18.6. The lowest BCUT2D eigenvalue weighted by Crippen LogP contribution is -2.49. The van der Waals surface area contributed by atoms with Crippen molar-refractivity contribution < 1.29 is 17.9 Å². The van der Waals surface area contributed by atoms with Gasteiger partial charge < -0.3 is 19.9 Å². The Kier molecular flexibility index (Phi) is 6.06. The highest BCUT2D eigenvalue weighted by Gasteiger charge is 2.35. The van der Waals surface area contributed by atoms with Gasteiger partial charge in [-0.1, -0.05) is 12.1 Å². The second kappa shape index (κ2) is 8.76. The van der Waals surface area contributed by atoms with Crippen LogP contribution in [-0.4, -0.2) is 70.9 Å². The van der Waals surface area contributed by atoms with E-state index in [0.29, 0.717) is 17.1 Å². The van der Waals surface area contributed by atoms with Crippen molar-refractivity contribution in [3.8, 4) is 5.75 Å². The zero-order valence-electron chi connectivity index (χ0n) is 17.8. The van der Waals surface area contributed by atoms with Crippen molar-refractivity contribution in [2.75, 3.05) is 60.0 Å². The van der Waals surface area contributed by atoms with Crippen LogP contribution < -0.4 is 19.3 Å². The molecule has 0 aromatic heterocycles. The van der Waals surface area contributed by atoms with E-state index >= 15 is 0 Å². The molecule has 1 atom stereocenters. The average molecular weight is 445 g/mol. The Bertz CT molecular complexity index is 1030. The van der Waals surface area contributed by atoms with E-state index in [4.69, 9.17) is 4.74 Å².